The lowest BCUT2D eigenvalue weighted by Crippen LogP contribution is -2.30. The summed E-state index contributed by atoms with van der Waals surface area (Å²) in [6.45, 7) is 0. The van der Waals surface area contributed by atoms with Gasteiger partial charge in [-0.15, -0.1) is 0 Å². The van der Waals surface area contributed by atoms with Gasteiger partial charge in [0.2, 0.25) is 0 Å². The van der Waals surface area contributed by atoms with Gasteiger partial charge in [-0.2, -0.15) is 11.8 Å². The Hall–Kier alpha value is -0.180. The fourth-order valence-corrected chi connectivity index (χ4v) is 4.73. The SMILES string of the molecule is O=C(O)CC1CCSC2(CCCC2)C1. The lowest BCUT2D eigenvalue weighted by Gasteiger charge is -2.37. The molecule has 1 spiro atoms. The van der Waals surface area contributed by atoms with Crippen LogP contribution in [-0.2, 0) is 4.79 Å². The van der Waals surface area contributed by atoms with Crippen LogP contribution in [0.1, 0.15) is 44.9 Å². The van der Waals surface area contributed by atoms with Crippen LogP contribution in [0.4, 0.5) is 0 Å². The molecule has 2 aliphatic rings. The van der Waals surface area contributed by atoms with Crippen LogP contribution in [0.3, 0.4) is 0 Å². The highest BCUT2D eigenvalue weighted by Gasteiger charge is 2.39. The zero-order chi connectivity index (χ0) is 10.0. The largest absolute Gasteiger partial charge is 0.481 e. The van der Waals surface area contributed by atoms with Gasteiger partial charge in [-0.05, 0) is 37.4 Å². The van der Waals surface area contributed by atoms with Crippen LogP contribution in [0.2, 0.25) is 0 Å². The van der Waals surface area contributed by atoms with E-state index < -0.39 is 5.97 Å². The van der Waals surface area contributed by atoms with Crippen molar-refractivity contribution in [2.75, 3.05) is 5.75 Å². The van der Waals surface area contributed by atoms with E-state index in [9.17, 15) is 4.79 Å². The molecule has 0 aromatic rings. The van der Waals surface area contributed by atoms with E-state index in [-0.39, 0.29) is 0 Å². The second kappa shape index (κ2) is 4.13. The molecule has 1 aliphatic carbocycles. The van der Waals surface area contributed by atoms with Crippen LogP contribution >= 0.6 is 11.8 Å². The molecule has 1 atom stereocenters. The molecule has 1 heterocycles. The van der Waals surface area contributed by atoms with Crippen LogP contribution in [0, 0.1) is 5.92 Å². The zero-order valence-corrected chi connectivity index (χ0v) is 9.31. The van der Waals surface area contributed by atoms with Crippen molar-refractivity contribution in [1.29, 1.82) is 0 Å². The number of carboxylic acid groups (broad SMARTS) is 1. The molecule has 0 amide bonds. The fraction of sp³-hybridized carbons (Fsp3) is 0.909. The van der Waals surface area contributed by atoms with Gasteiger partial charge >= 0.3 is 5.97 Å². The Morgan fingerprint density at radius 3 is 2.79 bits per heavy atom. The number of rotatable bonds is 2. The number of hydrogen-bond donors (Lipinski definition) is 1. The van der Waals surface area contributed by atoms with Gasteiger partial charge in [0.15, 0.2) is 0 Å². The molecule has 0 radical (unpaired) electrons. The molecule has 1 saturated heterocycles. The van der Waals surface area contributed by atoms with E-state index in [0.29, 0.717) is 17.1 Å². The first-order chi connectivity index (χ1) is 6.70. The molecule has 1 N–H and O–H groups in total. The summed E-state index contributed by atoms with van der Waals surface area (Å²) in [5.41, 5.74) is 0. The Morgan fingerprint density at radius 1 is 1.43 bits per heavy atom. The summed E-state index contributed by atoms with van der Waals surface area (Å²) in [6.07, 6.45) is 8.02. The van der Waals surface area contributed by atoms with Gasteiger partial charge in [0.05, 0.1) is 0 Å². The summed E-state index contributed by atoms with van der Waals surface area (Å²) in [5, 5.41) is 8.79. The molecule has 2 fully saturated rings. The standard InChI is InChI=1S/C11H18O2S/c12-10(13)7-9-3-6-14-11(8-9)4-1-2-5-11/h9H,1-8H2,(H,12,13). The van der Waals surface area contributed by atoms with Crippen molar-refractivity contribution < 1.29 is 9.90 Å². The lowest BCUT2D eigenvalue weighted by molar-refractivity contribution is -0.138. The van der Waals surface area contributed by atoms with Crippen LogP contribution in [0.5, 0.6) is 0 Å². The second-order valence-electron chi connectivity index (χ2n) is 4.70. The van der Waals surface area contributed by atoms with Crippen molar-refractivity contribution in [2.24, 2.45) is 5.92 Å². The van der Waals surface area contributed by atoms with E-state index in [1.807, 2.05) is 0 Å². The topological polar surface area (TPSA) is 37.3 Å². The van der Waals surface area contributed by atoms with Crippen molar-refractivity contribution >= 4 is 17.7 Å². The van der Waals surface area contributed by atoms with Crippen LogP contribution in [0.25, 0.3) is 0 Å². The molecule has 1 saturated carbocycles. The zero-order valence-electron chi connectivity index (χ0n) is 8.50. The van der Waals surface area contributed by atoms with E-state index in [1.165, 1.54) is 31.4 Å². The van der Waals surface area contributed by atoms with E-state index in [0.717, 1.165) is 12.8 Å². The third-order valence-corrected chi connectivity index (χ3v) is 5.20. The second-order valence-corrected chi connectivity index (χ2v) is 6.26. The summed E-state index contributed by atoms with van der Waals surface area (Å²) in [6, 6.07) is 0. The summed E-state index contributed by atoms with van der Waals surface area (Å²) in [4.78, 5) is 10.7. The predicted molar refractivity (Wildman–Crippen MR) is 58.6 cm³/mol. The number of thioether (sulfide) groups is 1. The van der Waals surface area contributed by atoms with E-state index in [1.54, 1.807) is 0 Å². The average Bonchev–Trinajstić information content (AvgIpc) is 2.52. The minimum absolute atomic E-state index is 0.391. The van der Waals surface area contributed by atoms with Crippen LogP contribution in [-0.4, -0.2) is 21.6 Å². The maximum atomic E-state index is 10.7. The Labute approximate surface area is 89.5 Å². The first kappa shape index (κ1) is 10.3. The molecule has 1 unspecified atom stereocenters. The third-order valence-electron chi connectivity index (χ3n) is 3.57. The first-order valence-electron chi connectivity index (χ1n) is 5.56. The minimum atomic E-state index is -0.616. The van der Waals surface area contributed by atoms with Crippen LogP contribution < -0.4 is 0 Å². The smallest absolute Gasteiger partial charge is 0.303 e. The van der Waals surface area contributed by atoms with E-state index >= 15 is 0 Å². The molecule has 2 nitrogen and oxygen atoms in total. The van der Waals surface area contributed by atoms with Crippen LogP contribution in [0.15, 0.2) is 0 Å². The molecular formula is C11H18O2S. The van der Waals surface area contributed by atoms with Crippen molar-refractivity contribution in [1.82, 2.24) is 0 Å². The van der Waals surface area contributed by atoms with E-state index in [2.05, 4.69) is 11.8 Å². The Balaban J connectivity index is 1.93. The lowest BCUT2D eigenvalue weighted by atomic mass is 9.88. The molecule has 0 aromatic carbocycles. The predicted octanol–water partition coefficient (Wildman–Crippen LogP) is 2.92. The monoisotopic (exact) mass is 214 g/mol. The highest BCUT2D eigenvalue weighted by molar-refractivity contribution is 8.00. The summed E-state index contributed by atoms with van der Waals surface area (Å²) in [5.74, 6) is 1.01. The Bertz CT molecular complexity index is 221. The first-order valence-corrected chi connectivity index (χ1v) is 6.55. The minimum Gasteiger partial charge on any atom is -0.481 e. The number of carbonyl (C=O) groups is 1. The number of carboxylic acids is 1. The number of aliphatic carboxylic acids is 1. The van der Waals surface area contributed by atoms with Gasteiger partial charge in [0.25, 0.3) is 0 Å². The highest BCUT2D eigenvalue weighted by atomic mass is 32.2. The maximum Gasteiger partial charge on any atom is 0.303 e. The van der Waals surface area contributed by atoms with Crippen molar-refractivity contribution in [3.05, 3.63) is 0 Å². The molecule has 0 bridgehead atoms. The molecule has 80 valence electrons. The maximum absolute atomic E-state index is 10.7. The summed E-state index contributed by atoms with van der Waals surface area (Å²) in [7, 11) is 0. The van der Waals surface area contributed by atoms with Gasteiger partial charge in [0, 0.05) is 11.2 Å². The van der Waals surface area contributed by atoms with Gasteiger partial charge in [0.1, 0.15) is 0 Å². The third kappa shape index (κ3) is 2.25. The Kier molecular flexibility index (Phi) is 3.05. The number of hydrogen-bond acceptors (Lipinski definition) is 2. The fourth-order valence-electron chi connectivity index (χ4n) is 2.92. The van der Waals surface area contributed by atoms with Gasteiger partial charge in [-0.25, -0.2) is 0 Å². The normalized spacial score (nSPS) is 30.7. The molecule has 2 rings (SSSR count). The van der Waals surface area contributed by atoms with Crippen molar-refractivity contribution in [2.45, 2.75) is 49.7 Å². The summed E-state index contributed by atoms with van der Waals surface area (Å²) >= 11 is 2.11. The average molecular weight is 214 g/mol. The van der Waals surface area contributed by atoms with Gasteiger partial charge in [-0.1, -0.05) is 12.8 Å². The Morgan fingerprint density at radius 2 is 2.14 bits per heavy atom. The molecule has 3 heteroatoms. The van der Waals surface area contributed by atoms with Gasteiger partial charge in [-0.3, -0.25) is 4.79 Å². The molecular weight excluding hydrogens is 196 g/mol. The molecule has 1 aliphatic heterocycles. The van der Waals surface area contributed by atoms with Gasteiger partial charge < -0.3 is 5.11 Å². The van der Waals surface area contributed by atoms with Crippen molar-refractivity contribution in [3.63, 3.8) is 0 Å². The summed E-state index contributed by atoms with van der Waals surface area (Å²) < 4.78 is 0.484. The molecule has 0 aromatic heterocycles. The van der Waals surface area contributed by atoms with E-state index in [4.69, 9.17) is 5.11 Å². The quantitative estimate of drug-likeness (QED) is 0.768. The van der Waals surface area contributed by atoms with Crippen molar-refractivity contribution in [3.8, 4) is 0 Å². The molecule has 14 heavy (non-hydrogen) atoms. The highest BCUT2D eigenvalue weighted by Crippen LogP contribution is 2.50.